The average Bonchev–Trinajstić information content (AvgIpc) is 2.51. The first kappa shape index (κ1) is 25.1. The Hall–Kier alpha value is -0.940. The van der Waals surface area contributed by atoms with Gasteiger partial charge < -0.3 is 15.5 Å². The highest BCUT2D eigenvalue weighted by atomic mass is 127. The molecule has 0 bridgehead atoms. The Balaban J connectivity index is 0.00000625. The van der Waals surface area contributed by atoms with E-state index in [2.05, 4.69) is 15.6 Å². The second-order valence-electron chi connectivity index (χ2n) is 6.55. The van der Waals surface area contributed by atoms with Crippen LogP contribution in [0.5, 0.6) is 0 Å². The van der Waals surface area contributed by atoms with Gasteiger partial charge in [0, 0.05) is 38.0 Å². The fourth-order valence-electron chi connectivity index (χ4n) is 2.28. The summed E-state index contributed by atoms with van der Waals surface area (Å²) in [7, 11) is 2.47. The lowest BCUT2D eigenvalue weighted by Crippen LogP contribution is -2.42. The third kappa shape index (κ3) is 10.3. The van der Waals surface area contributed by atoms with E-state index in [1.54, 1.807) is 13.1 Å². The zero-order valence-electron chi connectivity index (χ0n) is 16.0. The van der Waals surface area contributed by atoms with Crippen molar-refractivity contribution in [3.8, 4) is 0 Å². The number of halogens is 2. The minimum atomic E-state index is -2.98. The minimum Gasteiger partial charge on any atom is -0.354 e. The summed E-state index contributed by atoms with van der Waals surface area (Å²) in [6, 6.07) is 5.02. The highest BCUT2D eigenvalue weighted by Crippen LogP contribution is 2.12. The lowest BCUT2D eigenvalue weighted by molar-refractivity contribution is 0.392. The molecule has 1 aromatic carbocycles. The number of nitrogens with zero attached hydrogens (tertiary/aromatic N) is 2. The molecule has 0 spiro atoms. The number of nitrogens with one attached hydrogen (secondary N) is 2. The Labute approximate surface area is 173 Å². The van der Waals surface area contributed by atoms with Crippen LogP contribution < -0.4 is 10.6 Å². The number of guanidine groups is 1. The van der Waals surface area contributed by atoms with E-state index in [1.165, 1.54) is 12.3 Å². The molecule has 6 nitrogen and oxygen atoms in total. The quantitative estimate of drug-likeness (QED) is 0.325. The van der Waals surface area contributed by atoms with Crippen LogP contribution in [0.3, 0.4) is 0 Å². The van der Waals surface area contributed by atoms with Gasteiger partial charge in [-0.3, -0.25) is 4.99 Å². The molecule has 1 rings (SSSR count). The van der Waals surface area contributed by atoms with Crippen molar-refractivity contribution in [2.75, 3.05) is 33.2 Å². The summed E-state index contributed by atoms with van der Waals surface area (Å²) >= 11 is 0. The van der Waals surface area contributed by atoms with Gasteiger partial charge in [-0.05, 0) is 45.1 Å². The first-order valence-electron chi connectivity index (χ1n) is 8.17. The van der Waals surface area contributed by atoms with Crippen molar-refractivity contribution in [3.05, 3.63) is 35.1 Å². The zero-order valence-corrected chi connectivity index (χ0v) is 19.2. The van der Waals surface area contributed by atoms with Crippen LogP contribution in [0.2, 0.25) is 0 Å². The summed E-state index contributed by atoms with van der Waals surface area (Å²) in [5.41, 5.74) is 1.60. The second kappa shape index (κ2) is 11.7. The molecule has 0 aromatic heterocycles. The third-order valence-electron chi connectivity index (χ3n) is 3.59. The van der Waals surface area contributed by atoms with Gasteiger partial charge >= 0.3 is 0 Å². The predicted octanol–water partition coefficient (Wildman–Crippen LogP) is 1.99. The molecule has 150 valence electrons. The van der Waals surface area contributed by atoms with Crippen molar-refractivity contribution in [3.63, 3.8) is 0 Å². The van der Waals surface area contributed by atoms with E-state index in [0.29, 0.717) is 31.0 Å². The van der Waals surface area contributed by atoms with Crippen LogP contribution in [-0.2, 0) is 22.9 Å². The summed E-state index contributed by atoms with van der Waals surface area (Å²) < 4.78 is 36.3. The topological polar surface area (TPSA) is 73.8 Å². The largest absolute Gasteiger partial charge is 0.354 e. The van der Waals surface area contributed by atoms with Crippen LogP contribution in [0.15, 0.2) is 23.2 Å². The van der Waals surface area contributed by atoms with E-state index in [1.807, 2.05) is 32.0 Å². The summed E-state index contributed by atoms with van der Waals surface area (Å²) in [6.45, 7) is 2.94. The van der Waals surface area contributed by atoms with E-state index in [9.17, 15) is 12.8 Å². The molecule has 1 unspecified atom stereocenters. The molecular weight excluding hydrogens is 470 g/mol. The van der Waals surface area contributed by atoms with Crippen molar-refractivity contribution in [1.82, 2.24) is 15.5 Å². The van der Waals surface area contributed by atoms with Crippen molar-refractivity contribution in [2.24, 2.45) is 4.99 Å². The molecule has 0 heterocycles. The van der Waals surface area contributed by atoms with Gasteiger partial charge in [-0.25, -0.2) is 12.8 Å². The minimum absolute atomic E-state index is 0. The molecule has 1 atom stereocenters. The molecule has 0 saturated carbocycles. The van der Waals surface area contributed by atoms with Crippen LogP contribution in [-0.4, -0.2) is 58.5 Å². The number of benzene rings is 1. The van der Waals surface area contributed by atoms with Crippen LogP contribution in [0, 0.1) is 5.82 Å². The van der Waals surface area contributed by atoms with Crippen molar-refractivity contribution >= 4 is 39.8 Å². The Morgan fingerprint density at radius 1 is 1.35 bits per heavy atom. The van der Waals surface area contributed by atoms with Crippen LogP contribution in [0.4, 0.5) is 4.39 Å². The van der Waals surface area contributed by atoms with Gasteiger partial charge in [0.1, 0.15) is 15.7 Å². The molecule has 0 aliphatic carbocycles. The maximum absolute atomic E-state index is 13.8. The van der Waals surface area contributed by atoms with Crippen LogP contribution >= 0.6 is 24.0 Å². The third-order valence-corrected chi connectivity index (χ3v) is 4.56. The molecule has 0 amide bonds. The van der Waals surface area contributed by atoms with E-state index in [-0.39, 0.29) is 41.6 Å². The molecule has 2 N–H and O–H groups in total. The summed E-state index contributed by atoms with van der Waals surface area (Å²) in [5, 5.41) is 6.33. The first-order valence-corrected chi connectivity index (χ1v) is 10.2. The molecule has 0 aliphatic rings. The van der Waals surface area contributed by atoms with Gasteiger partial charge in [0.15, 0.2) is 5.96 Å². The molecule has 0 saturated heterocycles. The Bertz CT molecular complexity index is 696. The van der Waals surface area contributed by atoms with E-state index < -0.39 is 9.84 Å². The number of rotatable bonds is 8. The van der Waals surface area contributed by atoms with Gasteiger partial charge in [0.25, 0.3) is 0 Å². The maximum atomic E-state index is 13.8. The number of sulfone groups is 1. The Morgan fingerprint density at radius 3 is 2.54 bits per heavy atom. The maximum Gasteiger partial charge on any atom is 0.191 e. The van der Waals surface area contributed by atoms with Crippen LogP contribution in [0.1, 0.15) is 24.5 Å². The predicted molar refractivity (Wildman–Crippen MR) is 116 cm³/mol. The molecule has 1 aromatic rings. The molecule has 0 fully saturated rings. The second-order valence-corrected chi connectivity index (χ2v) is 8.81. The van der Waals surface area contributed by atoms with E-state index >= 15 is 0 Å². The lowest BCUT2D eigenvalue weighted by atomic mass is 10.1. The normalized spacial score (nSPS) is 13.3. The van der Waals surface area contributed by atoms with Crippen molar-refractivity contribution < 1.29 is 12.8 Å². The smallest absolute Gasteiger partial charge is 0.191 e. The average molecular weight is 500 g/mol. The highest BCUT2D eigenvalue weighted by Gasteiger charge is 2.10. The highest BCUT2D eigenvalue weighted by molar-refractivity contribution is 14.0. The first-order chi connectivity index (χ1) is 11.6. The van der Waals surface area contributed by atoms with Gasteiger partial charge in [0.2, 0.25) is 0 Å². The molecule has 26 heavy (non-hydrogen) atoms. The molecule has 9 heteroatoms. The van der Waals surface area contributed by atoms with Gasteiger partial charge in [-0.2, -0.15) is 0 Å². The van der Waals surface area contributed by atoms with Gasteiger partial charge in [0.05, 0.1) is 5.75 Å². The fourth-order valence-corrected chi connectivity index (χ4v) is 3.06. The molecule has 0 radical (unpaired) electrons. The van der Waals surface area contributed by atoms with E-state index in [4.69, 9.17) is 0 Å². The number of hydrogen-bond donors (Lipinski definition) is 2. The summed E-state index contributed by atoms with van der Waals surface area (Å²) in [5.74, 6) is 0.498. The fraction of sp³-hybridized carbons (Fsp3) is 0.588. The SMILES string of the molecule is CN=C(NCc1ccc(F)c(CN(C)C)c1)NC(C)CCS(C)(=O)=O.I. The monoisotopic (exact) mass is 500 g/mol. The van der Waals surface area contributed by atoms with Crippen molar-refractivity contribution in [1.29, 1.82) is 0 Å². The molecular formula is C17H30FIN4O2S. The van der Waals surface area contributed by atoms with E-state index in [0.717, 1.165) is 5.56 Å². The van der Waals surface area contributed by atoms with Crippen molar-refractivity contribution in [2.45, 2.75) is 32.5 Å². The standard InChI is InChI=1S/C17H29FN4O2S.HI/c1-13(8-9-25(5,23)24)21-17(19-2)20-11-14-6-7-16(18)15(10-14)12-22(3)4;/h6-7,10,13H,8-9,11-12H2,1-5H3,(H2,19,20,21);1H. The summed E-state index contributed by atoms with van der Waals surface area (Å²) in [4.78, 5) is 6.05. The Morgan fingerprint density at radius 2 is 2.00 bits per heavy atom. The number of aliphatic imine (C=N–C) groups is 1. The zero-order chi connectivity index (χ0) is 19.0. The lowest BCUT2D eigenvalue weighted by Gasteiger charge is -2.18. The number of hydrogen-bond acceptors (Lipinski definition) is 4. The Kier molecular flexibility index (Phi) is 11.3. The van der Waals surface area contributed by atoms with Gasteiger partial charge in [-0.1, -0.05) is 6.07 Å². The molecule has 0 aliphatic heterocycles. The van der Waals surface area contributed by atoms with Crippen LogP contribution in [0.25, 0.3) is 0 Å². The summed E-state index contributed by atoms with van der Waals surface area (Å²) in [6.07, 6.45) is 1.73. The van der Waals surface area contributed by atoms with Gasteiger partial charge in [-0.15, -0.1) is 24.0 Å².